The number of methoxy groups -OCH3 is 1. The van der Waals surface area contributed by atoms with Gasteiger partial charge in [-0.3, -0.25) is 4.90 Å². The predicted octanol–water partition coefficient (Wildman–Crippen LogP) is 2.12. The summed E-state index contributed by atoms with van der Waals surface area (Å²) in [5, 5.41) is 3.62. The molecule has 3 nitrogen and oxygen atoms in total. The largest absolute Gasteiger partial charge is 0.380 e. The third kappa shape index (κ3) is 6.39. The van der Waals surface area contributed by atoms with E-state index in [0.29, 0.717) is 12.1 Å². The molecule has 2 unspecified atom stereocenters. The molecule has 1 N–H and O–H groups in total. The van der Waals surface area contributed by atoms with Gasteiger partial charge in [0.25, 0.3) is 0 Å². The number of likely N-dealkylation sites (tertiary alicyclic amines) is 1. The van der Waals surface area contributed by atoms with Gasteiger partial charge in [0.05, 0.1) is 6.10 Å². The molecule has 0 aromatic heterocycles. The first-order valence-corrected chi connectivity index (χ1v) is 7.10. The van der Waals surface area contributed by atoms with Gasteiger partial charge in [-0.2, -0.15) is 0 Å². The van der Waals surface area contributed by atoms with E-state index >= 15 is 0 Å². The highest BCUT2D eigenvalue weighted by Gasteiger charge is 2.21. The topological polar surface area (TPSA) is 24.5 Å². The Labute approximate surface area is 107 Å². The van der Waals surface area contributed by atoms with E-state index in [0.717, 1.165) is 25.6 Å². The predicted molar refractivity (Wildman–Crippen MR) is 73.4 cm³/mol. The van der Waals surface area contributed by atoms with Crippen molar-refractivity contribution in [3.8, 4) is 0 Å². The van der Waals surface area contributed by atoms with Crippen molar-refractivity contribution in [3.63, 3.8) is 0 Å². The Morgan fingerprint density at radius 3 is 2.65 bits per heavy atom. The molecule has 102 valence electrons. The van der Waals surface area contributed by atoms with Crippen molar-refractivity contribution in [2.45, 2.75) is 52.2 Å². The van der Waals surface area contributed by atoms with Crippen LogP contribution in [0.25, 0.3) is 0 Å². The molecule has 1 rings (SSSR count). The van der Waals surface area contributed by atoms with E-state index in [-0.39, 0.29) is 0 Å². The van der Waals surface area contributed by atoms with Crippen LogP contribution in [0.15, 0.2) is 0 Å². The smallest absolute Gasteiger partial charge is 0.0710 e. The fraction of sp³-hybridized carbons (Fsp3) is 1.00. The van der Waals surface area contributed by atoms with Crippen molar-refractivity contribution in [1.82, 2.24) is 10.2 Å². The minimum absolute atomic E-state index is 0.466. The van der Waals surface area contributed by atoms with Gasteiger partial charge in [-0.05, 0) is 32.1 Å². The van der Waals surface area contributed by atoms with E-state index in [4.69, 9.17) is 4.74 Å². The Hall–Kier alpha value is -0.120. The monoisotopic (exact) mass is 242 g/mol. The average molecular weight is 242 g/mol. The minimum Gasteiger partial charge on any atom is -0.380 e. The fourth-order valence-electron chi connectivity index (χ4n) is 2.35. The van der Waals surface area contributed by atoms with Crippen LogP contribution in [0.5, 0.6) is 0 Å². The summed E-state index contributed by atoms with van der Waals surface area (Å²) in [6.07, 6.45) is 4.27. The van der Waals surface area contributed by atoms with Gasteiger partial charge >= 0.3 is 0 Å². The molecule has 0 radical (unpaired) electrons. The number of hydrogen-bond donors (Lipinski definition) is 1. The summed E-state index contributed by atoms with van der Waals surface area (Å²) in [6.45, 7) is 11.5. The van der Waals surface area contributed by atoms with Crippen molar-refractivity contribution < 1.29 is 4.74 Å². The third-order valence-corrected chi connectivity index (χ3v) is 3.66. The molecular weight excluding hydrogens is 212 g/mol. The summed E-state index contributed by atoms with van der Waals surface area (Å²) in [7, 11) is 1.82. The molecule has 0 aromatic carbocycles. The van der Waals surface area contributed by atoms with Crippen LogP contribution in [0.1, 0.15) is 40.0 Å². The zero-order valence-corrected chi connectivity index (χ0v) is 12.0. The minimum atomic E-state index is 0.466. The number of hydrogen-bond acceptors (Lipinski definition) is 3. The molecule has 1 fully saturated rings. The Morgan fingerprint density at radius 1 is 1.29 bits per heavy atom. The normalized spacial score (nSPS) is 23.5. The first-order valence-electron chi connectivity index (χ1n) is 7.10. The number of nitrogens with zero attached hydrogens (tertiary/aromatic N) is 1. The Balaban J connectivity index is 2.00. The van der Waals surface area contributed by atoms with Crippen LogP contribution in [0, 0.1) is 5.92 Å². The molecule has 3 heteroatoms. The first-order chi connectivity index (χ1) is 8.11. The van der Waals surface area contributed by atoms with Gasteiger partial charge < -0.3 is 10.1 Å². The van der Waals surface area contributed by atoms with E-state index in [9.17, 15) is 0 Å². The zero-order valence-electron chi connectivity index (χ0n) is 12.0. The Kier molecular flexibility index (Phi) is 7.09. The van der Waals surface area contributed by atoms with Gasteiger partial charge in [0.1, 0.15) is 0 Å². The molecule has 1 saturated heterocycles. The second-order valence-corrected chi connectivity index (χ2v) is 5.77. The third-order valence-electron chi connectivity index (χ3n) is 3.66. The van der Waals surface area contributed by atoms with Crippen LogP contribution in [0.4, 0.5) is 0 Å². The SMILES string of the molecule is COC1CCN(CCNC(C)CCC(C)C)C1. The van der Waals surface area contributed by atoms with Crippen LogP contribution < -0.4 is 5.32 Å². The maximum absolute atomic E-state index is 5.37. The Bertz CT molecular complexity index is 197. The standard InChI is InChI=1S/C14H30N2O/c1-12(2)5-6-13(3)15-8-10-16-9-7-14(11-16)17-4/h12-15H,5-11H2,1-4H3. The molecular formula is C14H30N2O. The molecule has 0 aromatic rings. The van der Waals surface area contributed by atoms with Crippen LogP contribution >= 0.6 is 0 Å². The maximum atomic E-state index is 5.37. The number of ether oxygens (including phenoxy) is 1. The lowest BCUT2D eigenvalue weighted by Gasteiger charge is -2.19. The van der Waals surface area contributed by atoms with Gasteiger partial charge in [0, 0.05) is 39.3 Å². The Morgan fingerprint density at radius 2 is 2.06 bits per heavy atom. The van der Waals surface area contributed by atoms with Crippen LogP contribution in [-0.2, 0) is 4.74 Å². The van der Waals surface area contributed by atoms with Crippen molar-refractivity contribution >= 4 is 0 Å². The second-order valence-electron chi connectivity index (χ2n) is 5.77. The van der Waals surface area contributed by atoms with Gasteiger partial charge in [0.2, 0.25) is 0 Å². The highest BCUT2D eigenvalue weighted by Crippen LogP contribution is 2.11. The molecule has 2 atom stereocenters. The lowest BCUT2D eigenvalue weighted by Crippen LogP contribution is -2.35. The van der Waals surface area contributed by atoms with Crippen molar-refractivity contribution in [2.75, 3.05) is 33.3 Å². The van der Waals surface area contributed by atoms with Gasteiger partial charge in [-0.25, -0.2) is 0 Å². The van der Waals surface area contributed by atoms with Gasteiger partial charge in [-0.1, -0.05) is 13.8 Å². The molecule has 0 amide bonds. The van der Waals surface area contributed by atoms with Crippen LogP contribution in [-0.4, -0.2) is 50.3 Å². The molecule has 0 bridgehead atoms. The number of rotatable bonds is 8. The highest BCUT2D eigenvalue weighted by molar-refractivity contribution is 4.76. The van der Waals surface area contributed by atoms with Crippen molar-refractivity contribution in [2.24, 2.45) is 5.92 Å². The van der Waals surface area contributed by atoms with E-state index in [1.165, 1.54) is 25.8 Å². The van der Waals surface area contributed by atoms with E-state index in [1.54, 1.807) is 0 Å². The van der Waals surface area contributed by atoms with Crippen LogP contribution in [0.3, 0.4) is 0 Å². The molecule has 0 aliphatic carbocycles. The van der Waals surface area contributed by atoms with Crippen molar-refractivity contribution in [3.05, 3.63) is 0 Å². The van der Waals surface area contributed by atoms with Crippen LogP contribution in [0.2, 0.25) is 0 Å². The highest BCUT2D eigenvalue weighted by atomic mass is 16.5. The lowest BCUT2D eigenvalue weighted by molar-refractivity contribution is 0.108. The summed E-state index contributed by atoms with van der Waals surface area (Å²) in [5.74, 6) is 0.820. The molecule has 0 spiro atoms. The first kappa shape index (κ1) is 14.9. The van der Waals surface area contributed by atoms with Gasteiger partial charge in [0.15, 0.2) is 0 Å². The lowest BCUT2D eigenvalue weighted by atomic mass is 10.0. The number of nitrogens with one attached hydrogen (secondary N) is 1. The average Bonchev–Trinajstić information content (AvgIpc) is 2.74. The second kappa shape index (κ2) is 8.06. The molecule has 0 saturated carbocycles. The van der Waals surface area contributed by atoms with Gasteiger partial charge in [-0.15, -0.1) is 0 Å². The van der Waals surface area contributed by atoms with E-state index < -0.39 is 0 Å². The summed E-state index contributed by atoms with van der Waals surface area (Å²) in [5.41, 5.74) is 0. The molecule has 1 heterocycles. The molecule has 17 heavy (non-hydrogen) atoms. The summed E-state index contributed by atoms with van der Waals surface area (Å²) >= 11 is 0. The maximum Gasteiger partial charge on any atom is 0.0710 e. The van der Waals surface area contributed by atoms with E-state index in [2.05, 4.69) is 31.0 Å². The zero-order chi connectivity index (χ0) is 12.7. The molecule has 1 aliphatic heterocycles. The summed E-state index contributed by atoms with van der Waals surface area (Å²) in [4.78, 5) is 2.50. The summed E-state index contributed by atoms with van der Waals surface area (Å²) < 4.78 is 5.37. The van der Waals surface area contributed by atoms with E-state index in [1.807, 2.05) is 7.11 Å². The van der Waals surface area contributed by atoms with Crippen molar-refractivity contribution in [1.29, 1.82) is 0 Å². The quantitative estimate of drug-likeness (QED) is 0.705. The summed E-state index contributed by atoms with van der Waals surface area (Å²) in [6, 6.07) is 0.651. The molecule has 1 aliphatic rings. The fourth-order valence-corrected chi connectivity index (χ4v) is 2.35.